The maximum absolute atomic E-state index is 11.4. The molecule has 0 bridgehead atoms. The topological polar surface area (TPSA) is 74.2 Å². The van der Waals surface area contributed by atoms with Gasteiger partial charge in [0.2, 0.25) is 5.96 Å². The van der Waals surface area contributed by atoms with Gasteiger partial charge in [0, 0.05) is 12.6 Å². The van der Waals surface area contributed by atoms with Gasteiger partial charge in [-0.25, -0.2) is 4.79 Å². The molecule has 1 aromatic rings. The van der Waals surface area contributed by atoms with Gasteiger partial charge in [-0.2, -0.15) is 0 Å². The molecule has 1 heterocycles. The van der Waals surface area contributed by atoms with Crippen LogP contribution < -0.4 is 5.32 Å². The average molecular weight is 263 g/mol. The van der Waals surface area contributed by atoms with Gasteiger partial charge in [-0.05, 0) is 13.0 Å². The van der Waals surface area contributed by atoms with Crippen molar-refractivity contribution in [3.8, 4) is 5.75 Å². The van der Waals surface area contributed by atoms with E-state index < -0.39 is 6.09 Å². The molecule has 2 N–H and O–H groups in total. The lowest BCUT2D eigenvalue weighted by Crippen LogP contribution is -2.40. The van der Waals surface area contributed by atoms with Gasteiger partial charge in [0.1, 0.15) is 5.75 Å². The first-order valence-electron chi connectivity index (χ1n) is 6.12. The maximum Gasteiger partial charge on any atom is 0.413 e. The van der Waals surface area contributed by atoms with Gasteiger partial charge in [-0.15, -0.1) is 0 Å². The molecule has 1 unspecified atom stereocenters. The number of rotatable bonds is 2. The van der Waals surface area contributed by atoms with Crippen LogP contribution in [-0.4, -0.2) is 42.3 Å². The number of likely N-dealkylation sites (N-methyl/N-ethyl adjacent to an activating group) is 1. The molecule has 19 heavy (non-hydrogen) atoms. The highest BCUT2D eigenvalue weighted by molar-refractivity contribution is 5.95. The van der Waals surface area contributed by atoms with Crippen LogP contribution in [0.5, 0.6) is 5.75 Å². The summed E-state index contributed by atoms with van der Waals surface area (Å²) in [4.78, 5) is 17.4. The molecule has 6 nitrogen and oxygen atoms in total. The highest BCUT2D eigenvalue weighted by Gasteiger charge is 2.28. The molecule has 0 aromatic heterocycles. The van der Waals surface area contributed by atoms with Crippen LogP contribution in [0.2, 0.25) is 0 Å². The molecule has 1 aliphatic rings. The van der Waals surface area contributed by atoms with Crippen LogP contribution in [0, 0.1) is 0 Å². The second-order valence-electron chi connectivity index (χ2n) is 4.20. The first-order chi connectivity index (χ1) is 9.13. The largest absolute Gasteiger partial charge is 0.508 e. The zero-order valence-corrected chi connectivity index (χ0v) is 11.0. The Bertz CT molecular complexity index is 502. The summed E-state index contributed by atoms with van der Waals surface area (Å²) in [5.41, 5.74) is 0.786. The smallest absolute Gasteiger partial charge is 0.413 e. The Morgan fingerprint density at radius 1 is 1.58 bits per heavy atom. The summed E-state index contributed by atoms with van der Waals surface area (Å²) in [5, 5.41) is 12.4. The number of phenols is 1. The van der Waals surface area contributed by atoms with Gasteiger partial charge in [0.15, 0.2) is 0 Å². The van der Waals surface area contributed by atoms with Gasteiger partial charge in [-0.3, -0.25) is 10.3 Å². The van der Waals surface area contributed by atoms with Crippen molar-refractivity contribution in [2.45, 2.75) is 13.0 Å². The summed E-state index contributed by atoms with van der Waals surface area (Å²) in [7, 11) is 1.81. The number of alkyl carbamates (subject to hydrolysis) is 1. The van der Waals surface area contributed by atoms with E-state index in [1.165, 1.54) is 0 Å². The number of carbonyl (C=O) groups is 1. The van der Waals surface area contributed by atoms with Gasteiger partial charge < -0.3 is 14.7 Å². The lowest BCUT2D eigenvalue weighted by molar-refractivity contribution is 0.156. The molecule has 102 valence electrons. The van der Waals surface area contributed by atoms with Crippen molar-refractivity contribution >= 4 is 12.1 Å². The fourth-order valence-corrected chi connectivity index (χ4v) is 2.02. The summed E-state index contributed by atoms with van der Waals surface area (Å²) in [6.07, 6.45) is -0.522. The van der Waals surface area contributed by atoms with Crippen LogP contribution in [-0.2, 0) is 4.74 Å². The summed E-state index contributed by atoms with van der Waals surface area (Å²) in [5.74, 6) is 0.679. The van der Waals surface area contributed by atoms with Crippen LogP contribution in [0.4, 0.5) is 4.79 Å². The minimum Gasteiger partial charge on any atom is -0.508 e. The number of ether oxygens (including phenoxy) is 1. The van der Waals surface area contributed by atoms with E-state index in [1.807, 2.05) is 24.1 Å². The van der Waals surface area contributed by atoms with Gasteiger partial charge >= 0.3 is 6.09 Å². The highest BCUT2D eigenvalue weighted by Crippen LogP contribution is 2.30. The normalized spacial score (nSPS) is 18.1. The monoisotopic (exact) mass is 263 g/mol. The lowest BCUT2D eigenvalue weighted by Gasteiger charge is -2.23. The van der Waals surface area contributed by atoms with Gasteiger partial charge in [-0.1, -0.05) is 18.2 Å². The molecule has 1 amide bonds. The molecular formula is C13H17N3O3. The Morgan fingerprint density at radius 2 is 2.32 bits per heavy atom. The number of aliphatic imine (C=N–C) groups is 1. The zero-order chi connectivity index (χ0) is 13.8. The number of amides is 1. The maximum atomic E-state index is 11.4. The first kappa shape index (κ1) is 13.2. The van der Waals surface area contributed by atoms with E-state index in [-0.39, 0.29) is 11.8 Å². The standard InChI is InChI=1S/C13H17N3O3/c1-3-19-13(18)15-12-14-8-10(16(12)2)9-6-4-5-7-11(9)17/h4-7,10,17H,3,8H2,1-2H3,(H,14,15,18). The molecule has 0 saturated carbocycles. The third kappa shape index (κ3) is 2.78. The Balaban J connectivity index is 2.06. The zero-order valence-electron chi connectivity index (χ0n) is 11.0. The summed E-state index contributed by atoms with van der Waals surface area (Å²) in [6, 6.07) is 7.03. The Hall–Kier alpha value is -2.24. The first-order valence-corrected chi connectivity index (χ1v) is 6.12. The van der Waals surface area contributed by atoms with Crippen molar-refractivity contribution < 1.29 is 14.6 Å². The number of benzene rings is 1. The van der Waals surface area contributed by atoms with Gasteiger partial charge in [0.05, 0.1) is 19.2 Å². The van der Waals surface area contributed by atoms with Crippen molar-refractivity contribution in [1.29, 1.82) is 0 Å². The molecule has 1 aromatic carbocycles. The van der Waals surface area contributed by atoms with Crippen LogP contribution in [0.25, 0.3) is 0 Å². The molecule has 6 heteroatoms. The van der Waals surface area contributed by atoms with Crippen LogP contribution >= 0.6 is 0 Å². The minimum absolute atomic E-state index is 0.0851. The second-order valence-corrected chi connectivity index (χ2v) is 4.20. The Morgan fingerprint density at radius 3 is 3.00 bits per heavy atom. The van der Waals surface area contributed by atoms with E-state index >= 15 is 0 Å². The second kappa shape index (κ2) is 5.60. The lowest BCUT2D eigenvalue weighted by atomic mass is 10.1. The summed E-state index contributed by atoms with van der Waals surface area (Å²) < 4.78 is 4.81. The van der Waals surface area contributed by atoms with E-state index in [0.717, 1.165) is 5.56 Å². The van der Waals surface area contributed by atoms with E-state index in [2.05, 4.69) is 10.3 Å². The quantitative estimate of drug-likeness (QED) is 0.847. The van der Waals surface area contributed by atoms with Crippen molar-refractivity contribution in [3.05, 3.63) is 29.8 Å². The fraction of sp³-hybridized carbons (Fsp3) is 0.385. The minimum atomic E-state index is -0.522. The number of phenolic OH excluding ortho intramolecular Hbond substituents is 1. The number of hydrogen-bond donors (Lipinski definition) is 2. The van der Waals surface area contributed by atoms with Crippen molar-refractivity contribution in [2.75, 3.05) is 20.2 Å². The summed E-state index contributed by atoms with van der Waals surface area (Å²) >= 11 is 0. The molecule has 0 saturated heterocycles. The van der Waals surface area contributed by atoms with Crippen LogP contribution in [0.1, 0.15) is 18.5 Å². The third-order valence-electron chi connectivity index (χ3n) is 3.00. The molecular weight excluding hydrogens is 246 g/mol. The predicted molar refractivity (Wildman–Crippen MR) is 71.1 cm³/mol. The number of nitrogens with one attached hydrogen (secondary N) is 1. The summed E-state index contributed by atoms with van der Waals surface area (Å²) in [6.45, 7) is 2.53. The molecule has 0 radical (unpaired) electrons. The van der Waals surface area contributed by atoms with Crippen LogP contribution in [0.3, 0.4) is 0 Å². The number of carbonyl (C=O) groups excluding carboxylic acids is 1. The molecule has 0 fully saturated rings. The third-order valence-corrected chi connectivity index (χ3v) is 3.00. The van der Waals surface area contributed by atoms with Gasteiger partial charge in [0.25, 0.3) is 0 Å². The van der Waals surface area contributed by atoms with Crippen LogP contribution in [0.15, 0.2) is 29.3 Å². The van der Waals surface area contributed by atoms with E-state index in [1.54, 1.807) is 19.1 Å². The highest BCUT2D eigenvalue weighted by atomic mass is 16.5. The Labute approximate surface area is 111 Å². The van der Waals surface area contributed by atoms with Crippen molar-refractivity contribution in [3.63, 3.8) is 0 Å². The van der Waals surface area contributed by atoms with Crippen molar-refractivity contribution in [2.24, 2.45) is 4.99 Å². The molecule has 0 aliphatic carbocycles. The van der Waals surface area contributed by atoms with Crippen molar-refractivity contribution in [1.82, 2.24) is 10.2 Å². The predicted octanol–water partition coefficient (Wildman–Crippen LogP) is 1.48. The fourth-order valence-electron chi connectivity index (χ4n) is 2.02. The Kier molecular flexibility index (Phi) is 3.89. The molecule has 1 aliphatic heterocycles. The number of para-hydroxylation sites is 1. The number of guanidine groups is 1. The molecule has 0 spiro atoms. The molecule has 2 rings (SSSR count). The van der Waals surface area contributed by atoms with E-state index in [4.69, 9.17) is 4.74 Å². The number of aromatic hydroxyl groups is 1. The SMILES string of the molecule is CCOC(=O)NC1=NCC(c2ccccc2O)N1C. The van der Waals surface area contributed by atoms with E-state index in [9.17, 15) is 9.90 Å². The molecule has 1 atom stereocenters. The van der Waals surface area contributed by atoms with E-state index in [0.29, 0.717) is 19.1 Å². The average Bonchev–Trinajstić information content (AvgIpc) is 2.72. The number of nitrogens with zero attached hydrogens (tertiary/aromatic N) is 2. The number of hydrogen-bond acceptors (Lipinski definition) is 5.